The molecule has 1 fully saturated rings. The average Bonchev–Trinajstić information content (AvgIpc) is 2.82. The smallest absolute Gasteiger partial charge is 0.419 e. The lowest BCUT2D eigenvalue weighted by Gasteiger charge is -2.22. The zero-order valence-corrected chi connectivity index (χ0v) is 16.3. The Kier molecular flexibility index (Phi) is 6.49. The SMILES string of the molecule is CC(C)(C)OC(=O)n1cc(Br)cc1C(=O)NC1CCCCCCC1. The van der Waals surface area contributed by atoms with Crippen molar-refractivity contribution in [2.75, 3.05) is 0 Å². The first-order valence-electron chi connectivity index (χ1n) is 8.68. The van der Waals surface area contributed by atoms with Crippen LogP contribution in [-0.4, -0.2) is 28.2 Å². The summed E-state index contributed by atoms with van der Waals surface area (Å²) in [6, 6.07) is 1.83. The lowest BCUT2D eigenvalue weighted by Crippen LogP contribution is -2.37. The van der Waals surface area contributed by atoms with Gasteiger partial charge in [-0.1, -0.05) is 32.1 Å². The third-order valence-electron chi connectivity index (χ3n) is 4.05. The number of ether oxygens (including phenoxy) is 1. The zero-order chi connectivity index (χ0) is 17.7. The first kappa shape index (κ1) is 19.0. The summed E-state index contributed by atoms with van der Waals surface area (Å²) in [4.78, 5) is 25.0. The number of hydrogen-bond acceptors (Lipinski definition) is 3. The number of hydrogen-bond donors (Lipinski definition) is 1. The highest BCUT2D eigenvalue weighted by Gasteiger charge is 2.24. The molecule has 2 rings (SSSR count). The molecule has 6 heteroatoms. The standard InChI is InChI=1S/C18H27BrN2O3/c1-18(2,3)24-17(23)21-12-13(19)11-15(21)16(22)20-14-9-7-5-4-6-8-10-14/h11-12,14H,4-10H2,1-3H3,(H,20,22). The van der Waals surface area contributed by atoms with Crippen molar-refractivity contribution in [3.05, 3.63) is 22.4 Å². The first-order chi connectivity index (χ1) is 11.3. The highest BCUT2D eigenvalue weighted by molar-refractivity contribution is 9.10. The Hall–Kier alpha value is -1.30. The van der Waals surface area contributed by atoms with Gasteiger partial charge in [-0.15, -0.1) is 0 Å². The Balaban J connectivity index is 2.09. The van der Waals surface area contributed by atoms with Crippen LogP contribution in [0.15, 0.2) is 16.7 Å². The van der Waals surface area contributed by atoms with Gasteiger partial charge < -0.3 is 10.1 Å². The molecule has 0 bridgehead atoms. The second-order valence-electron chi connectivity index (χ2n) is 7.41. The number of carbonyl (C=O) groups is 2. The summed E-state index contributed by atoms with van der Waals surface area (Å²) in [6.45, 7) is 5.41. The van der Waals surface area contributed by atoms with Crippen LogP contribution >= 0.6 is 15.9 Å². The van der Waals surface area contributed by atoms with Gasteiger partial charge >= 0.3 is 6.09 Å². The van der Waals surface area contributed by atoms with Crippen LogP contribution in [0.1, 0.15) is 76.2 Å². The number of nitrogens with one attached hydrogen (secondary N) is 1. The van der Waals surface area contributed by atoms with Crippen molar-refractivity contribution >= 4 is 27.9 Å². The van der Waals surface area contributed by atoms with Gasteiger partial charge in [0, 0.05) is 16.7 Å². The van der Waals surface area contributed by atoms with Gasteiger partial charge in [0.25, 0.3) is 5.91 Å². The molecular weight excluding hydrogens is 372 g/mol. The lowest BCUT2D eigenvalue weighted by molar-refractivity contribution is 0.0526. The maximum atomic E-state index is 12.7. The van der Waals surface area contributed by atoms with Crippen LogP contribution in [0.25, 0.3) is 0 Å². The van der Waals surface area contributed by atoms with Gasteiger partial charge in [0.2, 0.25) is 0 Å². The van der Waals surface area contributed by atoms with E-state index in [0.717, 1.165) is 25.7 Å². The van der Waals surface area contributed by atoms with E-state index in [0.29, 0.717) is 10.2 Å². The molecule has 0 unspecified atom stereocenters. The van der Waals surface area contributed by atoms with Crippen LogP contribution in [0.4, 0.5) is 4.79 Å². The number of carbonyl (C=O) groups excluding carboxylic acids is 2. The van der Waals surface area contributed by atoms with Gasteiger partial charge in [-0.3, -0.25) is 4.79 Å². The van der Waals surface area contributed by atoms with E-state index >= 15 is 0 Å². The highest BCUT2D eigenvalue weighted by Crippen LogP contribution is 2.20. The lowest BCUT2D eigenvalue weighted by atomic mass is 9.96. The number of rotatable bonds is 2. The predicted octanol–water partition coefficient (Wildman–Crippen LogP) is 4.88. The van der Waals surface area contributed by atoms with Crippen LogP contribution in [0, 0.1) is 0 Å². The molecule has 1 amide bonds. The van der Waals surface area contributed by atoms with Gasteiger partial charge in [-0.2, -0.15) is 0 Å². The second kappa shape index (κ2) is 8.19. The van der Waals surface area contributed by atoms with Gasteiger partial charge in [0.15, 0.2) is 0 Å². The van der Waals surface area contributed by atoms with Crippen LogP contribution in [0.2, 0.25) is 0 Å². The molecular formula is C18H27BrN2O3. The van der Waals surface area contributed by atoms with Gasteiger partial charge in [0.1, 0.15) is 11.3 Å². The Morgan fingerprint density at radius 3 is 2.33 bits per heavy atom. The Morgan fingerprint density at radius 2 is 1.75 bits per heavy atom. The van der Waals surface area contributed by atoms with Crippen molar-refractivity contribution in [2.24, 2.45) is 0 Å². The largest absolute Gasteiger partial charge is 0.443 e. The molecule has 134 valence electrons. The third kappa shape index (κ3) is 5.65. The fourth-order valence-corrected chi connectivity index (χ4v) is 3.35. The van der Waals surface area contributed by atoms with Gasteiger partial charge in [0.05, 0.1) is 0 Å². The molecule has 0 saturated heterocycles. The zero-order valence-electron chi connectivity index (χ0n) is 14.7. The van der Waals surface area contributed by atoms with E-state index in [1.165, 1.54) is 23.8 Å². The van der Waals surface area contributed by atoms with Crippen LogP contribution < -0.4 is 5.32 Å². The topological polar surface area (TPSA) is 60.3 Å². The normalized spacial score (nSPS) is 17.0. The summed E-state index contributed by atoms with van der Waals surface area (Å²) in [7, 11) is 0. The fourth-order valence-electron chi connectivity index (χ4n) is 2.93. The summed E-state index contributed by atoms with van der Waals surface area (Å²) in [5.41, 5.74) is -0.306. The number of aromatic nitrogens is 1. The molecule has 1 N–H and O–H groups in total. The minimum Gasteiger partial charge on any atom is -0.443 e. The summed E-state index contributed by atoms with van der Waals surface area (Å²) < 4.78 is 7.33. The quantitative estimate of drug-likeness (QED) is 0.771. The minimum absolute atomic E-state index is 0.179. The summed E-state index contributed by atoms with van der Waals surface area (Å²) >= 11 is 3.34. The Morgan fingerprint density at radius 1 is 1.17 bits per heavy atom. The molecule has 0 spiro atoms. The molecule has 0 radical (unpaired) electrons. The molecule has 5 nitrogen and oxygen atoms in total. The maximum absolute atomic E-state index is 12.7. The predicted molar refractivity (Wildman–Crippen MR) is 97.3 cm³/mol. The fraction of sp³-hybridized carbons (Fsp3) is 0.667. The number of amides is 1. The summed E-state index contributed by atoms with van der Waals surface area (Å²) in [5.74, 6) is -0.225. The van der Waals surface area contributed by atoms with Crippen LogP contribution in [0.5, 0.6) is 0 Å². The Labute approximate surface area is 152 Å². The van der Waals surface area contributed by atoms with Crippen molar-refractivity contribution in [1.82, 2.24) is 9.88 Å². The molecule has 0 aliphatic heterocycles. The van der Waals surface area contributed by atoms with E-state index in [2.05, 4.69) is 21.2 Å². The highest BCUT2D eigenvalue weighted by atomic mass is 79.9. The number of halogens is 1. The summed E-state index contributed by atoms with van der Waals surface area (Å²) in [5, 5.41) is 3.09. The van der Waals surface area contributed by atoms with Crippen LogP contribution in [0.3, 0.4) is 0 Å². The average molecular weight is 399 g/mol. The first-order valence-corrected chi connectivity index (χ1v) is 9.48. The monoisotopic (exact) mass is 398 g/mol. The van der Waals surface area contributed by atoms with E-state index in [1.54, 1.807) is 33.0 Å². The van der Waals surface area contributed by atoms with Crippen molar-refractivity contribution in [1.29, 1.82) is 0 Å². The summed E-state index contributed by atoms with van der Waals surface area (Å²) in [6.07, 6.45) is 9.05. The van der Waals surface area contributed by atoms with Crippen molar-refractivity contribution in [3.8, 4) is 0 Å². The molecule has 1 saturated carbocycles. The minimum atomic E-state index is -0.610. The molecule has 1 aliphatic rings. The van der Waals surface area contributed by atoms with E-state index < -0.39 is 11.7 Å². The van der Waals surface area contributed by atoms with E-state index in [9.17, 15) is 9.59 Å². The second-order valence-corrected chi connectivity index (χ2v) is 8.33. The molecule has 1 aliphatic carbocycles. The Bertz CT molecular complexity index is 582. The molecule has 1 aromatic heterocycles. The molecule has 0 aromatic carbocycles. The van der Waals surface area contributed by atoms with Crippen molar-refractivity contribution < 1.29 is 14.3 Å². The maximum Gasteiger partial charge on any atom is 0.419 e. The third-order valence-corrected chi connectivity index (χ3v) is 4.48. The van der Waals surface area contributed by atoms with E-state index in [1.807, 2.05) is 0 Å². The molecule has 1 aromatic rings. The van der Waals surface area contributed by atoms with Crippen molar-refractivity contribution in [3.63, 3.8) is 0 Å². The van der Waals surface area contributed by atoms with Crippen molar-refractivity contribution in [2.45, 2.75) is 77.4 Å². The van der Waals surface area contributed by atoms with Gasteiger partial charge in [-0.05, 0) is 55.6 Å². The molecule has 24 heavy (non-hydrogen) atoms. The van der Waals surface area contributed by atoms with E-state index in [-0.39, 0.29) is 11.9 Å². The number of nitrogens with zero attached hydrogens (tertiary/aromatic N) is 1. The van der Waals surface area contributed by atoms with Gasteiger partial charge in [-0.25, -0.2) is 9.36 Å². The molecule has 1 heterocycles. The van der Waals surface area contributed by atoms with Crippen LogP contribution in [-0.2, 0) is 4.74 Å². The molecule has 0 atom stereocenters. The van der Waals surface area contributed by atoms with E-state index in [4.69, 9.17) is 4.74 Å².